The molecule has 0 aromatic rings. The Balaban J connectivity index is 2.64. The molecule has 0 aliphatic carbocycles. The second kappa shape index (κ2) is 4.62. The van der Waals surface area contributed by atoms with E-state index in [1.807, 2.05) is 27.7 Å². The molecule has 16 heavy (non-hydrogen) atoms. The Morgan fingerprint density at radius 2 is 1.94 bits per heavy atom. The van der Waals surface area contributed by atoms with Gasteiger partial charge in [0.05, 0.1) is 0 Å². The number of nitrogens with two attached hydrogens (primary N) is 1. The number of nitrogens with zero attached hydrogens (tertiary/aromatic N) is 1. The van der Waals surface area contributed by atoms with E-state index in [0.717, 1.165) is 13.0 Å². The standard InChI is InChI=1S/C12H24N2O2/c1-8-6-7-14(9(2)10(8)13)11(15)16-12(3,4)5/h8-10H,6-7,13H2,1-5H3/t8-,9+,10+/m1/s1. The highest BCUT2D eigenvalue weighted by molar-refractivity contribution is 5.68. The lowest BCUT2D eigenvalue weighted by molar-refractivity contribution is 0.00414. The van der Waals surface area contributed by atoms with Crippen LogP contribution in [0, 0.1) is 5.92 Å². The number of rotatable bonds is 0. The Kier molecular flexibility index (Phi) is 3.84. The predicted molar refractivity (Wildman–Crippen MR) is 64.2 cm³/mol. The van der Waals surface area contributed by atoms with E-state index in [4.69, 9.17) is 10.5 Å². The van der Waals surface area contributed by atoms with Gasteiger partial charge in [-0.05, 0) is 40.0 Å². The molecule has 1 fully saturated rings. The van der Waals surface area contributed by atoms with E-state index in [1.54, 1.807) is 4.90 Å². The van der Waals surface area contributed by atoms with Crippen molar-refractivity contribution in [1.29, 1.82) is 0 Å². The third-order valence-corrected chi connectivity index (χ3v) is 3.16. The lowest BCUT2D eigenvalue weighted by atomic mass is 9.89. The van der Waals surface area contributed by atoms with Crippen molar-refractivity contribution in [2.75, 3.05) is 6.54 Å². The molecule has 4 nitrogen and oxygen atoms in total. The molecular formula is C12H24N2O2. The molecule has 0 bridgehead atoms. The molecule has 2 N–H and O–H groups in total. The van der Waals surface area contributed by atoms with Crippen LogP contribution in [0.4, 0.5) is 4.79 Å². The number of ether oxygens (including phenoxy) is 1. The van der Waals surface area contributed by atoms with E-state index in [0.29, 0.717) is 5.92 Å². The molecule has 1 aliphatic rings. The average Bonchev–Trinajstić information content (AvgIpc) is 2.11. The van der Waals surface area contributed by atoms with Crippen LogP contribution in [0.3, 0.4) is 0 Å². The topological polar surface area (TPSA) is 55.6 Å². The minimum absolute atomic E-state index is 0.0428. The summed E-state index contributed by atoms with van der Waals surface area (Å²) in [6, 6.07) is 0.0971. The van der Waals surface area contributed by atoms with Crippen LogP contribution < -0.4 is 5.73 Å². The van der Waals surface area contributed by atoms with E-state index in [-0.39, 0.29) is 18.2 Å². The average molecular weight is 228 g/mol. The number of amides is 1. The summed E-state index contributed by atoms with van der Waals surface area (Å²) in [5.74, 6) is 0.466. The van der Waals surface area contributed by atoms with Crippen molar-refractivity contribution in [2.24, 2.45) is 11.7 Å². The van der Waals surface area contributed by atoms with Crippen molar-refractivity contribution >= 4 is 6.09 Å². The van der Waals surface area contributed by atoms with Gasteiger partial charge in [0, 0.05) is 18.6 Å². The van der Waals surface area contributed by atoms with Gasteiger partial charge in [0.25, 0.3) is 0 Å². The van der Waals surface area contributed by atoms with E-state index < -0.39 is 5.60 Å². The van der Waals surface area contributed by atoms with Crippen LogP contribution in [-0.2, 0) is 4.74 Å². The molecule has 1 aliphatic heterocycles. The summed E-state index contributed by atoms with van der Waals surface area (Å²) in [5, 5.41) is 0. The zero-order valence-corrected chi connectivity index (χ0v) is 11.0. The molecule has 0 unspecified atom stereocenters. The first-order valence-corrected chi connectivity index (χ1v) is 5.97. The molecule has 0 saturated carbocycles. The largest absolute Gasteiger partial charge is 0.444 e. The fraction of sp³-hybridized carbons (Fsp3) is 0.917. The van der Waals surface area contributed by atoms with Crippen LogP contribution in [-0.4, -0.2) is 35.2 Å². The third kappa shape index (κ3) is 3.11. The summed E-state index contributed by atoms with van der Waals surface area (Å²) in [4.78, 5) is 13.7. The highest BCUT2D eigenvalue weighted by atomic mass is 16.6. The molecular weight excluding hydrogens is 204 g/mol. The molecule has 1 rings (SSSR count). The van der Waals surface area contributed by atoms with E-state index in [1.165, 1.54) is 0 Å². The summed E-state index contributed by atoms with van der Waals surface area (Å²) < 4.78 is 5.36. The summed E-state index contributed by atoms with van der Waals surface area (Å²) in [6.45, 7) is 10.5. The normalized spacial score (nSPS) is 31.4. The molecule has 4 heteroatoms. The van der Waals surface area contributed by atoms with E-state index in [9.17, 15) is 4.79 Å². The van der Waals surface area contributed by atoms with Gasteiger partial charge in [0.1, 0.15) is 5.60 Å². The highest BCUT2D eigenvalue weighted by Crippen LogP contribution is 2.23. The Labute approximate surface area is 98.1 Å². The maximum atomic E-state index is 11.9. The zero-order chi connectivity index (χ0) is 12.5. The second-order valence-corrected chi connectivity index (χ2v) is 5.76. The lowest BCUT2D eigenvalue weighted by Gasteiger charge is -2.41. The number of hydrogen-bond acceptors (Lipinski definition) is 3. The monoisotopic (exact) mass is 228 g/mol. The van der Waals surface area contributed by atoms with Crippen molar-refractivity contribution < 1.29 is 9.53 Å². The van der Waals surface area contributed by atoms with Gasteiger partial charge in [0.2, 0.25) is 0 Å². The van der Waals surface area contributed by atoms with Crippen molar-refractivity contribution in [2.45, 2.75) is 58.7 Å². The van der Waals surface area contributed by atoms with Crippen LogP contribution in [0.5, 0.6) is 0 Å². The van der Waals surface area contributed by atoms with Crippen molar-refractivity contribution in [3.8, 4) is 0 Å². The summed E-state index contributed by atoms with van der Waals surface area (Å²) in [5.41, 5.74) is 5.62. The Bertz CT molecular complexity index is 260. The van der Waals surface area contributed by atoms with Gasteiger partial charge >= 0.3 is 6.09 Å². The maximum absolute atomic E-state index is 11.9. The van der Waals surface area contributed by atoms with Crippen LogP contribution in [0.2, 0.25) is 0 Å². The third-order valence-electron chi connectivity index (χ3n) is 3.16. The highest BCUT2D eigenvalue weighted by Gasteiger charge is 2.35. The number of likely N-dealkylation sites (tertiary alicyclic amines) is 1. The molecule has 94 valence electrons. The van der Waals surface area contributed by atoms with Crippen molar-refractivity contribution in [3.05, 3.63) is 0 Å². The first kappa shape index (κ1) is 13.3. The van der Waals surface area contributed by atoms with E-state index >= 15 is 0 Å². The van der Waals surface area contributed by atoms with Crippen LogP contribution in [0.15, 0.2) is 0 Å². The van der Waals surface area contributed by atoms with Crippen molar-refractivity contribution in [3.63, 3.8) is 0 Å². The smallest absolute Gasteiger partial charge is 0.410 e. The maximum Gasteiger partial charge on any atom is 0.410 e. The molecule has 0 aromatic heterocycles. The SMILES string of the molecule is C[C@@H]1CCN(C(=O)OC(C)(C)C)[C@@H](C)[C@H]1N. The molecule has 0 radical (unpaired) electrons. The minimum Gasteiger partial charge on any atom is -0.444 e. The predicted octanol–water partition coefficient (Wildman–Crippen LogP) is 1.98. The van der Waals surface area contributed by atoms with Gasteiger partial charge in [-0.1, -0.05) is 6.92 Å². The number of hydrogen-bond donors (Lipinski definition) is 1. The second-order valence-electron chi connectivity index (χ2n) is 5.76. The molecule has 0 spiro atoms. The Morgan fingerprint density at radius 3 is 2.44 bits per heavy atom. The quantitative estimate of drug-likeness (QED) is 0.689. The fourth-order valence-corrected chi connectivity index (χ4v) is 2.00. The number of carbonyl (C=O) groups excluding carboxylic acids is 1. The van der Waals surface area contributed by atoms with Gasteiger partial charge < -0.3 is 15.4 Å². The van der Waals surface area contributed by atoms with Gasteiger partial charge in [-0.25, -0.2) is 4.79 Å². The Morgan fingerprint density at radius 1 is 1.38 bits per heavy atom. The van der Waals surface area contributed by atoms with Gasteiger partial charge in [-0.2, -0.15) is 0 Å². The fourth-order valence-electron chi connectivity index (χ4n) is 2.00. The zero-order valence-electron chi connectivity index (χ0n) is 11.0. The summed E-state index contributed by atoms with van der Waals surface area (Å²) in [6.07, 6.45) is 0.701. The van der Waals surface area contributed by atoms with E-state index in [2.05, 4.69) is 6.92 Å². The molecule has 3 atom stereocenters. The van der Waals surface area contributed by atoms with Crippen LogP contribution >= 0.6 is 0 Å². The number of piperidine rings is 1. The van der Waals surface area contributed by atoms with Gasteiger partial charge in [-0.3, -0.25) is 0 Å². The first-order valence-electron chi connectivity index (χ1n) is 5.97. The molecule has 1 heterocycles. The summed E-state index contributed by atoms with van der Waals surface area (Å²) >= 11 is 0. The minimum atomic E-state index is -0.441. The van der Waals surface area contributed by atoms with Gasteiger partial charge in [0.15, 0.2) is 0 Å². The van der Waals surface area contributed by atoms with Crippen LogP contribution in [0.1, 0.15) is 41.0 Å². The number of carbonyl (C=O) groups is 1. The summed E-state index contributed by atoms with van der Waals surface area (Å²) in [7, 11) is 0. The molecule has 1 amide bonds. The van der Waals surface area contributed by atoms with Crippen LogP contribution in [0.25, 0.3) is 0 Å². The first-order chi connectivity index (χ1) is 7.22. The lowest BCUT2D eigenvalue weighted by Crippen LogP contribution is -2.56. The molecule has 1 saturated heterocycles. The molecule has 0 aromatic carbocycles. The van der Waals surface area contributed by atoms with Gasteiger partial charge in [-0.15, -0.1) is 0 Å². The Hall–Kier alpha value is -0.770. The van der Waals surface area contributed by atoms with Crippen molar-refractivity contribution in [1.82, 2.24) is 4.90 Å².